The summed E-state index contributed by atoms with van der Waals surface area (Å²) in [4.78, 5) is 12.6. The molecule has 1 N–H and O–H groups in total. The summed E-state index contributed by atoms with van der Waals surface area (Å²) >= 11 is 0. The van der Waals surface area contributed by atoms with Gasteiger partial charge in [-0.1, -0.05) is 0 Å². The molecule has 0 bridgehead atoms. The number of aliphatic carboxylic acids is 1. The van der Waals surface area contributed by atoms with Gasteiger partial charge in [0, 0.05) is 19.8 Å². The third kappa shape index (κ3) is 3.38. The molecule has 0 radical (unpaired) electrons. The molecule has 0 aromatic heterocycles. The zero-order valence-electron chi connectivity index (χ0n) is 9.29. The van der Waals surface area contributed by atoms with Crippen LogP contribution in [0.4, 0.5) is 8.78 Å². The summed E-state index contributed by atoms with van der Waals surface area (Å²) in [6.07, 6.45) is -1.66. The molecular weight excluding hydrogens is 220 g/mol. The van der Waals surface area contributed by atoms with Crippen molar-refractivity contribution in [1.29, 1.82) is 0 Å². The summed E-state index contributed by atoms with van der Waals surface area (Å²) < 4.78 is 29.4. The fourth-order valence-electron chi connectivity index (χ4n) is 2.02. The lowest BCUT2D eigenvalue weighted by molar-refractivity contribution is -0.156. The highest BCUT2D eigenvalue weighted by atomic mass is 19.3. The SMILES string of the molecule is CN(CC(F)F)CC1(C(=O)O)CCOCC1. The minimum absolute atomic E-state index is 0.149. The number of hydrogen-bond acceptors (Lipinski definition) is 3. The third-order valence-corrected chi connectivity index (χ3v) is 2.93. The molecule has 0 aromatic rings. The van der Waals surface area contributed by atoms with Crippen LogP contribution in [0.15, 0.2) is 0 Å². The predicted octanol–water partition coefficient (Wildman–Crippen LogP) is 1.06. The number of alkyl halides is 2. The van der Waals surface area contributed by atoms with E-state index >= 15 is 0 Å². The predicted molar refractivity (Wildman–Crippen MR) is 53.6 cm³/mol. The number of carbonyl (C=O) groups is 1. The van der Waals surface area contributed by atoms with Crippen LogP contribution in [-0.4, -0.2) is 55.8 Å². The van der Waals surface area contributed by atoms with Gasteiger partial charge in [0.05, 0.1) is 12.0 Å². The van der Waals surface area contributed by atoms with Gasteiger partial charge in [0.2, 0.25) is 0 Å². The molecule has 1 aliphatic heterocycles. The van der Waals surface area contributed by atoms with Crippen LogP contribution < -0.4 is 0 Å². The van der Waals surface area contributed by atoms with Crippen molar-refractivity contribution in [1.82, 2.24) is 4.90 Å². The van der Waals surface area contributed by atoms with Gasteiger partial charge in [-0.15, -0.1) is 0 Å². The molecule has 94 valence electrons. The maximum absolute atomic E-state index is 12.2. The molecule has 0 spiro atoms. The summed E-state index contributed by atoms with van der Waals surface area (Å²) in [7, 11) is 1.52. The zero-order valence-corrected chi connectivity index (χ0v) is 9.29. The molecule has 0 atom stereocenters. The Morgan fingerprint density at radius 1 is 1.50 bits per heavy atom. The standard InChI is InChI=1S/C10H17F2NO3/c1-13(6-8(11)12)7-10(9(14)15)2-4-16-5-3-10/h8H,2-7H2,1H3,(H,14,15). The van der Waals surface area contributed by atoms with Crippen molar-refractivity contribution in [3.05, 3.63) is 0 Å². The van der Waals surface area contributed by atoms with Crippen LogP contribution in [0.3, 0.4) is 0 Å². The van der Waals surface area contributed by atoms with E-state index in [2.05, 4.69) is 0 Å². The van der Waals surface area contributed by atoms with Crippen LogP contribution in [0, 0.1) is 5.41 Å². The normalized spacial score (nSPS) is 20.3. The number of carboxylic acids is 1. The second kappa shape index (κ2) is 5.54. The number of ether oxygens (including phenoxy) is 1. The van der Waals surface area contributed by atoms with Gasteiger partial charge in [-0.25, -0.2) is 8.78 Å². The van der Waals surface area contributed by atoms with Gasteiger partial charge in [-0.3, -0.25) is 9.69 Å². The Morgan fingerprint density at radius 2 is 2.06 bits per heavy atom. The summed E-state index contributed by atoms with van der Waals surface area (Å²) in [6.45, 7) is 0.523. The van der Waals surface area contributed by atoms with E-state index < -0.39 is 24.4 Å². The van der Waals surface area contributed by atoms with E-state index in [9.17, 15) is 18.7 Å². The van der Waals surface area contributed by atoms with Gasteiger partial charge in [-0.2, -0.15) is 0 Å². The van der Waals surface area contributed by atoms with Crippen molar-refractivity contribution in [2.24, 2.45) is 5.41 Å². The molecule has 0 amide bonds. The highest BCUT2D eigenvalue weighted by Crippen LogP contribution is 2.31. The molecule has 1 rings (SSSR count). The fourth-order valence-corrected chi connectivity index (χ4v) is 2.02. The molecule has 0 unspecified atom stereocenters. The maximum atomic E-state index is 12.2. The van der Waals surface area contributed by atoms with E-state index in [1.54, 1.807) is 0 Å². The van der Waals surface area contributed by atoms with E-state index in [4.69, 9.17) is 4.74 Å². The summed E-state index contributed by atoms with van der Waals surface area (Å²) in [5.41, 5.74) is -0.929. The van der Waals surface area contributed by atoms with Gasteiger partial charge >= 0.3 is 5.97 Å². The van der Waals surface area contributed by atoms with E-state index in [0.717, 1.165) is 0 Å². The first kappa shape index (κ1) is 13.3. The highest BCUT2D eigenvalue weighted by molar-refractivity contribution is 5.75. The second-order valence-corrected chi connectivity index (χ2v) is 4.29. The fraction of sp³-hybridized carbons (Fsp3) is 0.900. The van der Waals surface area contributed by atoms with E-state index in [1.165, 1.54) is 11.9 Å². The number of carboxylic acid groups (broad SMARTS) is 1. The molecule has 0 saturated carbocycles. The van der Waals surface area contributed by atoms with Crippen LogP contribution in [0.2, 0.25) is 0 Å². The van der Waals surface area contributed by atoms with Gasteiger partial charge in [-0.05, 0) is 19.9 Å². The monoisotopic (exact) mass is 237 g/mol. The average molecular weight is 237 g/mol. The topological polar surface area (TPSA) is 49.8 Å². The average Bonchev–Trinajstić information content (AvgIpc) is 2.17. The van der Waals surface area contributed by atoms with E-state index in [1.807, 2.05) is 0 Å². The third-order valence-electron chi connectivity index (χ3n) is 2.93. The van der Waals surface area contributed by atoms with Crippen molar-refractivity contribution >= 4 is 5.97 Å². The van der Waals surface area contributed by atoms with Crippen LogP contribution in [0.25, 0.3) is 0 Å². The largest absolute Gasteiger partial charge is 0.481 e. The Hall–Kier alpha value is -0.750. The van der Waals surface area contributed by atoms with Gasteiger partial charge in [0.25, 0.3) is 6.43 Å². The first-order chi connectivity index (χ1) is 7.46. The first-order valence-electron chi connectivity index (χ1n) is 5.24. The summed E-state index contributed by atoms with van der Waals surface area (Å²) in [5.74, 6) is -0.920. The first-order valence-corrected chi connectivity index (χ1v) is 5.24. The lowest BCUT2D eigenvalue weighted by Crippen LogP contribution is -2.46. The lowest BCUT2D eigenvalue weighted by atomic mass is 9.80. The molecule has 0 aromatic carbocycles. The molecule has 4 nitrogen and oxygen atoms in total. The van der Waals surface area contributed by atoms with Crippen LogP contribution in [-0.2, 0) is 9.53 Å². The van der Waals surface area contributed by atoms with Crippen molar-refractivity contribution in [2.75, 3.05) is 33.4 Å². The number of nitrogens with zero attached hydrogens (tertiary/aromatic N) is 1. The Bertz CT molecular complexity index is 242. The molecular formula is C10H17F2NO3. The summed E-state index contributed by atoms with van der Waals surface area (Å²) in [5, 5.41) is 9.20. The smallest absolute Gasteiger partial charge is 0.311 e. The van der Waals surface area contributed by atoms with E-state index in [-0.39, 0.29) is 6.54 Å². The van der Waals surface area contributed by atoms with Gasteiger partial charge in [0.1, 0.15) is 0 Å². The Labute approximate surface area is 93.2 Å². The summed E-state index contributed by atoms with van der Waals surface area (Å²) in [6, 6.07) is 0. The molecule has 16 heavy (non-hydrogen) atoms. The number of rotatable bonds is 5. The second-order valence-electron chi connectivity index (χ2n) is 4.29. The molecule has 1 aliphatic rings. The Kier molecular flexibility index (Phi) is 4.61. The van der Waals surface area contributed by atoms with Gasteiger partial charge < -0.3 is 9.84 Å². The lowest BCUT2D eigenvalue weighted by Gasteiger charge is -2.36. The molecule has 1 saturated heterocycles. The molecule has 1 heterocycles. The maximum Gasteiger partial charge on any atom is 0.311 e. The van der Waals surface area contributed by atoms with Gasteiger partial charge in [0.15, 0.2) is 0 Å². The number of hydrogen-bond donors (Lipinski definition) is 1. The Balaban J connectivity index is 2.60. The van der Waals surface area contributed by atoms with Crippen molar-refractivity contribution in [3.8, 4) is 0 Å². The zero-order chi connectivity index (χ0) is 12.2. The molecule has 6 heteroatoms. The molecule has 0 aliphatic carbocycles. The number of halogens is 2. The van der Waals surface area contributed by atoms with Crippen LogP contribution in [0.1, 0.15) is 12.8 Å². The Morgan fingerprint density at radius 3 is 2.50 bits per heavy atom. The van der Waals surface area contributed by atoms with Crippen LogP contribution in [0.5, 0.6) is 0 Å². The van der Waals surface area contributed by atoms with Crippen LogP contribution >= 0.6 is 0 Å². The minimum atomic E-state index is -2.43. The van der Waals surface area contributed by atoms with Crippen molar-refractivity contribution < 1.29 is 23.4 Å². The minimum Gasteiger partial charge on any atom is -0.481 e. The molecule has 1 fully saturated rings. The van der Waals surface area contributed by atoms with Crippen molar-refractivity contribution in [2.45, 2.75) is 19.3 Å². The quantitative estimate of drug-likeness (QED) is 0.777. The highest BCUT2D eigenvalue weighted by Gasteiger charge is 2.41. The van der Waals surface area contributed by atoms with E-state index in [0.29, 0.717) is 26.1 Å². The van der Waals surface area contributed by atoms with Crippen molar-refractivity contribution in [3.63, 3.8) is 0 Å².